The van der Waals surface area contributed by atoms with Gasteiger partial charge in [0, 0.05) is 34.2 Å². The Balaban J connectivity index is 2.45. The first-order valence-electron chi connectivity index (χ1n) is 6.20. The molecule has 0 radical (unpaired) electrons. The van der Waals surface area contributed by atoms with Crippen LogP contribution in [0, 0.1) is 0 Å². The second-order valence-electron chi connectivity index (χ2n) is 4.16. The first-order chi connectivity index (χ1) is 9.63. The van der Waals surface area contributed by atoms with Gasteiger partial charge in [0.15, 0.2) is 5.82 Å². The number of nitrogens with zero attached hydrogens (tertiary/aromatic N) is 2. The lowest BCUT2D eigenvalue weighted by Gasteiger charge is -2.09. The van der Waals surface area contributed by atoms with E-state index in [1.807, 2.05) is 31.2 Å². The van der Waals surface area contributed by atoms with Crippen LogP contribution in [0.15, 0.2) is 33.2 Å². The van der Waals surface area contributed by atoms with Crippen LogP contribution in [0.5, 0.6) is 0 Å². The zero-order valence-corrected chi connectivity index (χ0v) is 14.5. The van der Waals surface area contributed by atoms with Crippen molar-refractivity contribution in [3.63, 3.8) is 0 Å². The maximum Gasteiger partial charge on any atom is 0.161 e. The van der Waals surface area contributed by atoms with Crippen molar-refractivity contribution in [1.29, 1.82) is 0 Å². The highest BCUT2D eigenvalue weighted by atomic mass is 79.9. The van der Waals surface area contributed by atoms with Crippen LogP contribution in [0.1, 0.15) is 12.6 Å². The third-order valence-corrected chi connectivity index (χ3v) is 4.49. The van der Waals surface area contributed by atoms with Crippen LogP contribution in [-0.4, -0.2) is 23.6 Å². The van der Waals surface area contributed by atoms with Gasteiger partial charge < -0.3 is 10.1 Å². The van der Waals surface area contributed by atoms with Crippen LogP contribution in [0.2, 0.25) is 0 Å². The van der Waals surface area contributed by atoms with E-state index in [2.05, 4.69) is 47.1 Å². The molecule has 0 atom stereocenters. The van der Waals surface area contributed by atoms with Gasteiger partial charge in [0.25, 0.3) is 0 Å². The van der Waals surface area contributed by atoms with E-state index in [9.17, 15) is 0 Å². The Bertz CT molecular complexity index is 581. The van der Waals surface area contributed by atoms with Gasteiger partial charge >= 0.3 is 0 Å². The topological polar surface area (TPSA) is 47.0 Å². The van der Waals surface area contributed by atoms with Gasteiger partial charge in [0.05, 0.1) is 12.3 Å². The maximum absolute atomic E-state index is 5.16. The molecule has 2 rings (SSSR count). The molecular formula is C14H15Br2N3O. The highest BCUT2D eigenvalue weighted by Gasteiger charge is 2.08. The molecule has 0 saturated heterocycles. The predicted octanol–water partition coefficient (Wildman–Crippen LogP) is 4.25. The van der Waals surface area contributed by atoms with Gasteiger partial charge in [0.2, 0.25) is 0 Å². The van der Waals surface area contributed by atoms with Crippen LogP contribution in [0.4, 0.5) is 5.82 Å². The Morgan fingerprint density at radius 3 is 2.60 bits per heavy atom. The summed E-state index contributed by atoms with van der Waals surface area (Å²) >= 11 is 6.96. The number of rotatable bonds is 5. The molecule has 0 unspecified atom stereocenters. The lowest BCUT2D eigenvalue weighted by atomic mass is 10.2. The Morgan fingerprint density at radius 2 is 1.95 bits per heavy atom. The van der Waals surface area contributed by atoms with Crippen molar-refractivity contribution in [3.05, 3.63) is 38.9 Å². The molecule has 0 bridgehead atoms. The highest BCUT2D eigenvalue weighted by molar-refractivity contribution is 9.13. The van der Waals surface area contributed by atoms with E-state index in [1.165, 1.54) is 0 Å². The molecule has 1 aromatic carbocycles. The second-order valence-corrected chi connectivity index (χ2v) is 5.87. The second kappa shape index (κ2) is 7.15. The van der Waals surface area contributed by atoms with Crippen LogP contribution in [-0.2, 0) is 11.3 Å². The summed E-state index contributed by atoms with van der Waals surface area (Å²) < 4.78 is 7.13. The third kappa shape index (κ3) is 3.77. The van der Waals surface area contributed by atoms with Gasteiger partial charge in [-0.25, -0.2) is 9.97 Å². The zero-order valence-electron chi connectivity index (χ0n) is 11.3. The Hall–Kier alpha value is -0.980. The maximum atomic E-state index is 5.16. The van der Waals surface area contributed by atoms with Crippen molar-refractivity contribution >= 4 is 37.7 Å². The molecule has 4 nitrogen and oxygen atoms in total. The van der Waals surface area contributed by atoms with Crippen molar-refractivity contribution in [1.82, 2.24) is 9.97 Å². The summed E-state index contributed by atoms with van der Waals surface area (Å²) in [6.07, 6.45) is 0. The number of nitrogens with one attached hydrogen (secondary N) is 1. The molecule has 1 aromatic heterocycles. The first kappa shape index (κ1) is 15.4. The number of ether oxygens (including phenoxy) is 1. The largest absolute Gasteiger partial charge is 0.378 e. The predicted molar refractivity (Wildman–Crippen MR) is 87.7 cm³/mol. The summed E-state index contributed by atoms with van der Waals surface area (Å²) in [6, 6.07) is 7.85. The number of halogens is 2. The Morgan fingerprint density at radius 1 is 1.15 bits per heavy atom. The van der Waals surface area contributed by atoms with Crippen molar-refractivity contribution in [2.45, 2.75) is 13.5 Å². The Kier molecular flexibility index (Phi) is 5.51. The minimum Gasteiger partial charge on any atom is -0.378 e. The quantitative estimate of drug-likeness (QED) is 0.814. The van der Waals surface area contributed by atoms with Gasteiger partial charge in [-0.15, -0.1) is 0 Å². The van der Waals surface area contributed by atoms with Crippen LogP contribution < -0.4 is 5.32 Å². The number of hydrogen-bond donors (Lipinski definition) is 1. The van der Waals surface area contributed by atoms with Crippen LogP contribution in [0.25, 0.3) is 11.4 Å². The molecule has 0 aliphatic carbocycles. The number of hydrogen-bond acceptors (Lipinski definition) is 4. The molecule has 2 aromatic rings. The average Bonchev–Trinajstić information content (AvgIpc) is 2.42. The molecule has 0 fully saturated rings. The number of aromatic nitrogens is 2. The number of anilines is 1. The summed E-state index contributed by atoms with van der Waals surface area (Å²) in [4.78, 5) is 9.07. The van der Waals surface area contributed by atoms with Crippen molar-refractivity contribution in [2.24, 2.45) is 0 Å². The fourth-order valence-corrected chi connectivity index (χ4v) is 2.38. The van der Waals surface area contributed by atoms with Crippen molar-refractivity contribution in [3.8, 4) is 11.4 Å². The van der Waals surface area contributed by atoms with Gasteiger partial charge in [-0.1, -0.05) is 0 Å². The fourth-order valence-electron chi connectivity index (χ4n) is 1.76. The van der Waals surface area contributed by atoms with E-state index in [1.54, 1.807) is 7.11 Å². The van der Waals surface area contributed by atoms with Gasteiger partial charge in [0.1, 0.15) is 5.82 Å². The summed E-state index contributed by atoms with van der Waals surface area (Å²) in [5.74, 6) is 1.49. The van der Waals surface area contributed by atoms with Gasteiger partial charge in [-0.05, 0) is 57.0 Å². The van der Waals surface area contributed by atoms with Gasteiger partial charge in [-0.2, -0.15) is 0 Å². The lowest BCUT2D eigenvalue weighted by Crippen LogP contribution is -2.04. The van der Waals surface area contributed by atoms with E-state index >= 15 is 0 Å². The van der Waals surface area contributed by atoms with E-state index < -0.39 is 0 Å². The highest BCUT2D eigenvalue weighted by Crippen LogP contribution is 2.28. The molecule has 0 spiro atoms. The SMILES string of the molecule is CCNc1cc(COC)nc(-c2ccc(Br)c(Br)c2)n1. The zero-order chi connectivity index (χ0) is 14.5. The number of methoxy groups -OCH3 is 1. The summed E-state index contributed by atoms with van der Waals surface area (Å²) in [5.41, 5.74) is 1.81. The molecular weight excluding hydrogens is 386 g/mol. The molecule has 1 heterocycles. The fraction of sp³-hybridized carbons (Fsp3) is 0.286. The molecule has 6 heteroatoms. The molecule has 1 N–H and O–H groups in total. The minimum atomic E-state index is 0.464. The molecule has 0 saturated carbocycles. The normalized spacial score (nSPS) is 10.6. The third-order valence-electron chi connectivity index (χ3n) is 2.61. The van der Waals surface area contributed by atoms with Crippen molar-refractivity contribution < 1.29 is 4.74 Å². The Labute approximate surface area is 135 Å². The smallest absolute Gasteiger partial charge is 0.161 e. The summed E-state index contributed by atoms with van der Waals surface area (Å²) in [6.45, 7) is 3.31. The summed E-state index contributed by atoms with van der Waals surface area (Å²) in [7, 11) is 1.66. The molecule has 0 amide bonds. The average molecular weight is 401 g/mol. The summed E-state index contributed by atoms with van der Waals surface area (Å²) in [5, 5.41) is 3.21. The molecule has 0 aliphatic rings. The minimum absolute atomic E-state index is 0.464. The van der Waals surface area contributed by atoms with Crippen LogP contribution >= 0.6 is 31.9 Å². The van der Waals surface area contributed by atoms with E-state index in [-0.39, 0.29) is 0 Å². The number of benzene rings is 1. The van der Waals surface area contributed by atoms with Crippen molar-refractivity contribution in [2.75, 3.05) is 19.0 Å². The molecule has 0 aliphatic heterocycles. The first-order valence-corrected chi connectivity index (χ1v) is 7.78. The van der Waals surface area contributed by atoms with E-state index in [4.69, 9.17) is 4.74 Å². The molecule has 20 heavy (non-hydrogen) atoms. The van der Waals surface area contributed by atoms with Crippen LogP contribution in [0.3, 0.4) is 0 Å². The van der Waals surface area contributed by atoms with E-state index in [0.717, 1.165) is 32.6 Å². The van der Waals surface area contributed by atoms with E-state index in [0.29, 0.717) is 12.4 Å². The monoisotopic (exact) mass is 399 g/mol. The molecule has 106 valence electrons. The standard InChI is InChI=1S/C14H15Br2N3O/c1-3-17-13-7-10(8-20-2)18-14(19-13)9-4-5-11(15)12(16)6-9/h4-7H,3,8H2,1-2H3,(H,17,18,19). The lowest BCUT2D eigenvalue weighted by molar-refractivity contribution is 0.181. The van der Waals surface area contributed by atoms with Gasteiger partial charge in [-0.3, -0.25) is 0 Å².